The van der Waals surface area contributed by atoms with Crippen LogP contribution in [-0.4, -0.2) is 42.3 Å². The normalized spacial score (nSPS) is 13.7. The van der Waals surface area contributed by atoms with E-state index in [1.165, 1.54) is 12.3 Å². The number of sulfonamides is 1. The van der Waals surface area contributed by atoms with E-state index in [1.54, 1.807) is 43.5 Å². The molecule has 0 heterocycles. The minimum Gasteiger partial charge on any atom is -0.515 e. The van der Waals surface area contributed by atoms with E-state index >= 15 is 0 Å². The van der Waals surface area contributed by atoms with Crippen LogP contribution in [-0.2, 0) is 19.2 Å². The lowest BCUT2D eigenvalue weighted by atomic mass is 10.1. The molecule has 0 amide bonds. The largest absolute Gasteiger partial charge is 0.515 e. The number of hydrogen-bond acceptors (Lipinski definition) is 5. The van der Waals surface area contributed by atoms with Crippen molar-refractivity contribution in [2.75, 3.05) is 13.4 Å². The molecule has 0 aliphatic rings. The maximum Gasteiger partial charge on any atom is 0.317 e. The Balaban J connectivity index is 3.21. The first kappa shape index (κ1) is 26.8. The Kier molecular flexibility index (Phi) is 9.90. The summed E-state index contributed by atoms with van der Waals surface area (Å²) in [4.78, 5) is 12.6. The second kappa shape index (κ2) is 11.4. The molecule has 8 heteroatoms. The van der Waals surface area contributed by atoms with Crippen LogP contribution in [0, 0.1) is 0 Å². The van der Waals surface area contributed by atoms with Gasteiger partial charge < -0.3 is 9.16 Å². The summed E-state index contributed by atoms with van der Waals surface area (Å²) in [5, 5.41) is 0. The van der Waals surface area contributed by atoms with Gasteiger partial charge in [0.15, 0.2) is 0 Å². The number of rotatable bonds is 10. The van der Waals surface area contributed by atoms with Crippen LogP contribution < -0.4 is 4.74 Å². The molecule has 1 aromatic rings. The third-order valence-electron chi connectivity index (χ3n) is 5.30. The van der Waals surface area contributed by atoms with E-state index in [0.717, 1.165) is 11.8 Å². The van der Waals surface area contributed by atoms with Crippen molar-refractivity contribution in [1.29, 1.82) is 0 Å². The van der Waals surface area contributed by atoms with Crippen LogP contribution in [0.15, 0.2) is 46.9 Å². The van der Waals surface area contributed by atoms with E-state index < -0.39 is 18.3 Å². The minimum atomic E-state index is -3.54. The van der Waals surface area contributed by atoms with Crippen molar-refractivity contribution in [2.45, 2.75) is 58.2 Å². The van der Waals surface area contributed by atoms with Crippen LogP contribution in [0.1, 0.15) is 47.1 Å². The first-order valence-corrected chi connectivity index (χ1v) is 14.3. The number of carbonyl (C=O) groups is 1. The number of benzene rings is 1. The Hall–Kier alpha value is -2.19. The van der Waals surface area contributed by atoms with E-state index in [4.69, 9.17) is 9.16 Å². The Bertz CT molecular complexity index is 907. The first-order valence-electron chi connectivity index (χ1n) is 10.3. The van der Waals surface area contributed by atoms with Crippen molar-refractivity contribution in [3.63, 3.8) is 0 Å². The molecule has 0 aromatic heterocycles. The maximum atomic E-state index is 12.6. The molecule has 1 rings (SSSR count). The topological polar surface area (TPSA) is 82.0 Å². The molecule has 0 saturated carbocycles. The molecule has 0 unspecified atom stereocenters. The fourth-order valence-corrected chi connectivity index (χ4v) is 9.37. The van der Waals surface area contributed by atoms with Gasteiger partial charge in [0, 0.05) is 17.9 Å². The summed E-state index contributed by atoms with van der Waals surface area (Å²) in [6, 6.07) is 7.12. The molecule has 172 valence electrons. The fourth-order valence-electron chi connectivity index (χ4n) is 3.94. The Labute approximate surface area is 188 Å². The van der Waals surface area contributed by atoms with Crippen LogP contribution in [0.4, 0.5) is 0 Å². The third kappa shape index (κ3) is 7.77. The van der Waals surface area contributed by atoms with Gasteiger partial charge >= 0.3 is 5.97 Å². The zero-order chi connectivity index (χ0) is 23.8. The molecule has 0 aliphatic heterocycles. The summed E-state index contributed by atoms with van der Waals surface area (Å²) >= 11 is 0. The number of hydrogen-bond donors (Lipinski definition) is 0. The van der Waals surface area contributed by atoms with Gasteiger partial charge in [-0.1, -0.05) is 65.8 Å². The Morgan fingerprint density at radius 1 is 1.00 bits per heavy atom. The molecule has 1 aromatic carbocycles. The van der Waals surface area contributed by atoms with Gasteiger partial charge in [-0.2, -0.15) is 4.40 Å². The smallest absolute Gasteiger partial charge is 0.317 e. The van der Waals surface area contributed by atoms with Crippen LogP contribution in [0.5, 0.6) is 5.75 Å². The van der Waals surface area contributed by atoms with E-state index in [9.17, 15) is 13.2 Å². The van der Waals surface area contributed by atoms with Crippen LogP contribution in [0.2, 0.25) is 16.6 Å². The van der Waals surface area contributed by atoms with E-state index in [0.29, 0.717) is 11.3 Å². The number of methoxy groups -OCH3 is 1. The van der Waals surface area contributed by atoms with Crippen molar-refractivity contribution >= 4 is 36.1 Å². The van der Waals surface area contributed by atoms with Gasteiger partial charge in [0.25, 0.3) is 8.32 Å². The minimum absolute atomic E-state index is 0.289. The molecule has 0 bridgehead atoms. The van der Waals surface area contributed by atoms with Gasteiger partial charge in [0.2, 0.25) is 10.0 Å². The first-order chi connectivity index (χ1) is 14.3. The van der Waals surface area contributed by atoms with Crippen molar-refractivity contribution in [2.24, 2.45) is 4.40 Å². The Morgan fingerprint density at radius 2 is 1.52 bits per heavy atom. The van der Waals surface area contributed by atoms with E-state index in [-0.39, 0.29) is 22.6 Å². The maximum absolute atomic E-state index is 12.6. The fraction of sp³-hybridized carbons (Fsp3) is 0.478. The van der Waals surface area contributed by atoms with Gasteiger partial charge in [0.05, 0.1) is 13.4 Å². The van der Waals surface area contributed by atoms with Crippen molar-refractivity contribution < 1.29 is 22.4 Å². The number of nitrogens with zero attached hydrogens (tertiary/aromatic N) is 1. The lowest BCUT2D eigenvalue weighted by molar-refractivity contribution is -0.130. The second-order valence-electron chi connectivity index (χ2n) is 8.42. The summed E-state index contributed by atoms with van der Waals surface area (Å²) < 4.78 is 37.8. The quantitative estimate of drug-likeness (QED) is 0.200. The van der Waals surface area contributed by atoms with Crippen molar-refractivity contribution in [3.05, 3.63) is 48.1 Å². The lowest BCUT2D eigenvalue weighted by Gasteiger charge is -2.40. The number of ether oxygens (including phenoxy) is 1. The molecule has 0 radical (unpaired) electrons. The van der Waals surface area contributed by atoms with E-state index in [1.807, 2.05) is 0 Å². The zero-order valence-corrected chi connectivity index (χ0v) is 21.6. The van der Waals surface area contributed by atoms with Crippen molar-refractivity contribution in [3.8, 4) is 5.75 Å². The highest BCUT2D eigenvalue weighted by Gasteiger charge is 2.47. The summed E-state index contributed by atoms with van der Waals surface area (Å²) in [7, 11) is -4.29. The third-order valence-corrected chi connectivity index (χ3v) is 11.8. The highest BCUT2D eigenvalue weighted by molar-refractivity contribution is 7.89. The van der Waals surface area contributed by atoms with Gasteiger partial charge in [-0.3, -0.25) is 0 Å². The Morgan fingerprint density at radius 3 is 1.94 bits per heavy atom. The van der Waals surface area contributed by atoms with Gasteiger partial charge in [-0.05, 0) is 34.3 Å². The highest BCUT2D eigenvalue weighted by Crippen LogP contribution is 2.42. The molecule has 6 nitrogen and oxygen atoms in total. The molecule has 0 fully saturated rings. The lowest BCUT2D eigenvalue weighted by Crippen LogP contribution is -2.49. The predicted molar refractivity (Wildman–Crippen MR) is 131 cm³/mol. The van der Waals surface area contributed by atoms with Gasteiger partial charge in [0.1, 0.15) is 5.75 Å². The molecular weight excluding hydrogens is 430 g/mol. The number of allylic oxidation sites excluding steroid dienone is 3. The van der Waals surface area contributed by atoms with Crippen LogP contribution in [0.25, 0.3) is 5.57 Å². The molecule has 0 atom stereocenters. The summed E-state index contributed by atoms with van der Waals surface area (Å²) in [5.41, 5.74) is 2.14. The zero-order valence-electron chi connectivity index (χ0n) is 19.7. The SMILES string of the molecule is COc1ccc(C(=C/C=C/C(=O)O[Si](C(C)C)(C(C)C)C(C)C)/C=N/S(C)(=O)=O)cc1. The molecular formula is C23H35NO5SSi. The van der Waals surface area contributed by atoms with Gasteiger partial charge in [-0.25, -0.2) is 13.2 Å². The standard InChI is InChI=1S/C23H35NO5SSi/c1-17(2)31(18(3)4,19(5)6)29-23(25)11-9-10-21(16-24-30(8,26)27)20-12-14-22(28-7)15-13-20/h9-19H,1-8H3/b11-9+,21-10+,24-16+. The summed E-state index contributed by atoms with van der Waals surface area (Å²) in [6.45, 7) is 12.7. The highest BCUT2D eigenvalue weighted by atomic mass is 32.2. The monoisotopic (exact) mass is 465 g/mol. The number of carbonyl (C=O) groups excluding carboxylic acids is 1. The van der Waals surface area contributed by atoms with Crippen LogP contribution >= 0.6 is 0 Å². The average molecular weight is 466 g/mol. The average Bonchev–Trinajstić information content (AvgIpc) is 2.67. The molecule has 0 aliphatic carbocycles. The second-order valence-corrected chi connectivity index (χ2v) is 15.5. The van der Waals surface area contributed by atoms with Gasteiger partial charge in [-0.15, -0.1) is 0 Å². The summed E-state index contributed by atoms with van der Waals surface area (Å²) in [5.74, 6) is 0.299. The summed E-state index contributed by atoms with van der Waals surface area (Å²) in [6.07, 6.45) is 6.88. The molecule has 0 saturated heterocycles. The predicted octanol–water partition coefficient (Wildman–Crippen LogP) is 5.38. The molecule has 0 N–H and O–H groups in total. The molecule has 31 heavy (non-hydrogen) atoms. The van der Waals surface area contributed by atoms with E-state index in [2.05, 4.69) is 45.9 Å². The molecule has 0 spiro atoms. The van der Waals surface area contributed by atoms with Crippen LogP contribution in [0.3, 0.4) is 0 Å². The van der Waals surface area contributed by atoms with Crippen molar-refractivity contribution in [1.82, 2.24) is 0 Å².